The van der Waals surface area contributed by atoms with E-state index in [0.717, 1.165) is 11.1 Å². The van der Waals surface area contributed by atoms with Gasteiger partial charge >= 0.3 is 0 Å². The maximum absolute atomic E-state index is 13.0. The smallest absolute Gasteiger partial charge is 0.241 e. The first-order valence-electron chi connectivity index (χ1n) is 8.34. The lowest BCUT2D eigenvalue weighted by Crippen LogP contribution is -2.39. The number of methoxy groups -OCH3 is 2. The summed E-state index contributed by atoms with van der Waals surface area (Å²) in [6.07, 6.45) is 0. The van der Waals surface area contributed by atoms with Crippen LogP contribution < -0.4 is 14.8 Å². The Morgan fingerprint density at radius 3 is 2.31 bits per heavy atom. The molecule has 0 spiro atoms. The van der Waals surface area contributed by atoms with E-state index < -0.39 is 0 Å². The fourth-order valence-electron chi connectivity index (χ4n) is 2.58. The van der Waals surface area contributed by atoms with Gasteiger partial charge in [-0.2, -0.15) is 0 Å². The largest absolute Gasteiger partial charge is 0.493 e. The molecule has 0 saturated carbocycles. The number of rotatable bonds is 7. The molecule has 0 aliphatic heterocycles. The molecule has 6 heteroatoms. The van der Waals surface area contributed by atoms with Crippen molar-refractivity contribution in [2.75, 3.05) is 26.6 Å². The van der Waals surface area contributed by atoms with Crippen LogP contribution in [0, 0.1) is 12.7 Å². The molecule has 1 amide bonds. The van der Waals surface area contributed by atoms with Gasteiger partial charge in [-0.15, -0.1) is 0 Å². The first-order chi connectivity index (χ1) is 12.3. The average Bonchev–Trinajstić information content (AvgIpc) is 2.63. The Morgan fingerprint density at radius 2 is 1.73 bits per heavy atom. The second kappa shape index (κ2) is 8.67. The Bertz CT molecular complexity index is 762. The molecule has 2 rings (SSSR count). The van der Waals surface area contributed by atoms with Crippen LogP contribution in [0.25, 0.3) is 0 Å². The Kier molecular flexibility index (Phi) is 6.58. The van der Waals surface area contributed by atoms with Crippen molar-refractivity contribution in [1.82, 2.24) is 4.90 Å². The number of carbonyl (C=O) groups is 1. The number of anilines is 1. The number of hydrogen-bond acceptors (Lipinski definition) is 4. The van der Waals surface area contributed by atoms with Crippen molar-refractivity contribution >= 4 is 11.6 Å². The number of nitrogens with one attached hydrogen (secondary N) is 1. The SMILES string of the molecule is COc1cc(C)c(CN(C)[C@H](C)C(=O)Nc2ccc(F)cc2)cc1OC. The molecule has 140 valence electrons. The third-order valence-electron chi connectivity index (χ3n) is 4.41. The monoisotopic (exact) mass is 360 g/mol. The summed E-state index contributed by atoms with van der Waals surface area (Å²) < 4.78 is 23.6. The quantitative estimate of drug-likeness (QED) is 0.820. The number of aryl methyl sites for hydroxylation is 1. The van der Waals surface area contributed by atoms with E-state index in [0.29, 0.717) is 23.7 Å². The van der Waals surface area contributed by atoms with Gasteiger partial charge in [0.05, 0.1) is 20.3 Å². The third kappa shape index (κ3) is 4.73. The average molecular weight is 360 g/mol. The molecule has 0 radical (unpaired) electrons. The minimum Gasteiger partial charge on any atom is -0.493 e. The van der Waals surface area contributed by atoms with Gasteiger partial charge in [-0.25, -0.2) is 4.39 Å². The van der Waals surface area contributed by atoms with E-state index in [1.165, 1.54) is 12.1 Å². The second-order valence-electron chi connectivity index (χ2n) is 6.22. The van der Waals surface area contributed by atoms with Crippen LogP contribution in [0.3, 0.4) is 0 Å². The molecule has 0 bridgehead atoms. The van der Waals surface area contributed by atoms with Gasteiger partial charge in [0, 0.05) is 12.2 Å². The van der Waals surface area contributed by atoms with Gasteiger partial charge in [-0.1, -0.05) is 0 Å². The molecule has 26 heavy (non-hydrogen) atoms. The number of nitrogens with zero attached hydrogens (tertiary/aromatic N) is 1. The molecular weight excluding hydrogens is 335 g/mol. The number of benzene rings is 2. The molecule has 2 aromatic rings. The zero-order valence-electron chi connectivity index (χ0n) is 15.8. The molecular formula is C20H25FN2O3. The summed E-state index contributed by atoms with van der Waals surface area (Å²) in [5.41, 5.74) is 2.67. The number of hydrogen-bond donors (Lipinski definition) is 1. The normalized spacial score (nSPS) is 12.0. The molecule has 0 fully saturated rings. The Labute approximate surface area is 153 Å². The number of halogens is 1. The highest BCUT2D eigenvalue weighted by atomic mass is 19.1. The Hall–Kier alpha value is -2.60. The van der Waals surface area contributed by atoms with E-state index in [4.69, 9.17) is 9.47 Å². The highest BCUT2D eigenvalue weighted by Gasteiger charge is 2.20. The molecule has 0 aromatic heterocycles. The fraction of sp³-hybridized carbons (Fsp3) is 0.350. The molecule has 5 nitrogen and oxygen atoms in total. The summed E-state index contributed by atoms with van der Waals surface area (Å²) in [4.78, 5) is 14.4. The van der Waals surface area contributed by atoms with E-state index in [9.17, 15) is 9.18 Å². The van der Waals surface area contributed by atoms with E-state index >= 15 is 0 Å². The van der Waals surface area contributed by atoms with Crippen molar-refractivity contribution in [1.29, 1.82) is 0 Å². The number of ether oxygens (including phenoxy) is 2. The van der Waals surface area contributed by atoms with Gasteiger partial charge in [-0.05, 0) is 68.4 Å². The maximum atomic E-state index is 13.0. The number of carbonyl (C=O) groups excluding carboxylic acids is 1. The predicted octanol–water partition coefficient (Wildman–Crippen LogP) is 3.61. The summed E-state index contributed by atoms with van der Waals surface area (Å²) in [5.74, 6) is 0.845. The Balaban J connectivity index is 2.07. The van der Waals surface area contributed by atoms with Gasteiger partial charge < -0.3 is 14.8 Å². The lowest BCUT2D eigenvalue weighted by atomic mass is 10.1. The molecule has 0 saturated heterocycles. The van der Waals surface area contributed by atoms with Crippen molar-refractivity contribution < 1.29 is 18.7 Å². The van der Waals surface area contributed by atoms with Crippen molar-refractivity contribution in [2.45, 2.75) is 26.4 Å². The molecule has 0 aliphatic carbocycles. The minimum atomic E-state index is -0.368. The molecule has 2 aromatic carbocycles. The molecule has 0 aliphatic rings. The van der Waals surface area contributed by atoms with Crippen LogP contribution in [-0.4, -0.2) is 38.1 Å². The molecule has 0 heterocycles. The van der Waals surface area contributed by atoms with E-state index in [1.807, 2.05) is 37.9 Å². The second-order valence-corrected chi connectivity index (χ2v) is 6.22. The van der Waals surface area contributed by atoms with Gasteiger partial charge in [-0.3, -0.25) is 9.69 Å². The van der Waals surface area contributed by atoms with Crippen LogP contribution in [0.5, 0.6) is 11.5 Å². The summed E-state index contributed by atoms with van der Waals surface area (Å²) in [6.45, 7) is 4.40. The first kappa shape index (κ1) is 19.7. The van der Waals surface area contributed by atoms with Crippen LogP contribution >= 0.6 is 0 Å². The maximum Gasteiger partial charge on any atom is 0.241 e. The number of likely N-dealkylation sites (N-methyl/N-ethyl adjacent to an activating group) is 1. The summed E-state index contributed by atoms with van der Waals surface area (Å²) in [5, 5.41) is 2.80. The molecule has 1 N–H and O–H groups in total. The standard InChI is InChI=1S/C20H25FN2O3/c1-13-10-18(25-4)19(26-5)11-15(13)12-23(3)14(2)20(24)22-17-8-6-16(21)7-9-17/h6-11,14H,12H2,1-5H3,(H,22,24)/t14-/m1/s1. The number of amides is 1. The van der Waals surface area contributed by atoms with Crippen LogP contribution in [0.1, 0.15) is 18.1 Å². The van der Waals surface area contributed by atoms with Crippen LogP contribution in [0.2, 0.25) is 0 Å². The van der Waals surface area contributed by atoms with E-state index in [-0.39, 0.29) is 17.8 Å². The van der Waals surface area contributed by atoms with Gasteiger partial charge in [0.2, 0.25) is 5.91 Å². The zero-order valence-corrected chi connectivity index (χ0v) is 15.8. The van der Waals surface area contributed by atoms with Gasteiger partial charge in [0.25, 0.3) is 0 Å². The lowest BCUT2D eigenvalue weighted by molar-refractivity contribution is -0.120. The zero-order chi connectivity index (χ0) is 19.3. The van der Waals surface area contributed by atoms with Gasteiger partial charge in [0.1, 0.15) is 5.82 Å². The summed E-state index contributed by atoms with van der Waals surface area (Å²) in [7, 11) is 5.08. The Morgan fingerprint density at radius 1 is 1.15 bits per heavy atom. The highest BCUT2D eigenvalue weighted by Crippen LogP contribution is 2.30. The van der Waals surface area contributed by atoms with Gasteiger partial charge in [0.15, 0.2) is 11.5 Å². The summed E-state index contributed by atoms with van der Waals surface area (Å²) >= 11 is 0. The van der Waals surface area contributed by atoms with Crippen molar-refractivity contribution in [3.05, 3.63) is 53.3 Å². The van der Waals surface area contributed by atoms with Crippen LogP contribution in [0.4, 0.5) is 10.1 Å². The highest BCUT2D eigenvalue weighted by molar-refractivity contribution is 5.94. The predicted molar refractivity (Wildman–Crippen MR) is 100 cm³/mol. The third-order valence-corrected chi connectivity index (χ3v) is 4.41. The fourth-order valence-corrected chi connectivity index (χ4v) is 2.58. The summed E-state index contributed by atoms with van der Waals surface area (Å²) in [6, 6.07) is 9.19. The molecule has 1 atom stereocenters. The van der Waals surface area contributed by atoms with Crippen molar-refractivity contribution in [3.8, 4) is 11.5 Å². The van der Waals surface area contributed by atoms with Crippen LogP contribution in [0.15, 0.2) is 36.4 Å². The minimum absolute atomic E-state index is 0.155. The first-order valence-corrected chi connectivity index (χ1v) is 8.34. The molecule has 0 unspecified atom stereocenters. The van der Waals surface area contributed by atoms with E-state index in [1.54, 1.807) is 26.4 Å². The topological polar surface area (TPSA) is 50.8 Å². The van der Waals surface area contributed by atoms with E-state index in [2.05, 4.69) is 5.32 Å². The van der Waals surface area contributed by atoms with Crippen LogP contribution in [-0.2, 0) is 11.3 Å². The van der Waals surface area contributed by atoms with Crippen molar-refractivity contribution in [3.63, 3.8) is 0 Å². The van der Waals surface area contributed by atoms with Crippen molar-refractivity contribution in [2.24, 2.45) is 0 Å². The lowest BCUT2D eigenvalue weighted by Gasteiger charge is -2.25.